The van der Waals surface area contributed by atoms with Crippen LogP contribution in [0.15, 0.2) is 0 Å². The van der Waals surface area contributed by atoms with Crippen molar-refractivity contribution in [2.75, 3.05) is 19.6 Å². The first-order valence-corrected chi connectivity index (χ1v) is 5.92. The Morgan fingerprint density at radius 2 is 1.79 bits per heavy atom. The fraction of sp³-hybridized carbons (Fsp3) is 0.909. The van der Waals surface area contributed by atoms with Crippen LogP contribution in [0.4, 0.5) is 22.4 Å². The number of amides is 1. The van der Waals surface area contributed by atoms with Gasteiger partial charge in [0.1, 0.15) is 5.60 Å². The zero-order valence-electron chi connectivity index (χ0n) is 11.1. The molecule has 0 aromatic heterocycles. The van der Waals surface area contributed by atoms with Crippen LogP contribution in [0.1, 0.15) is 20.8 Å². The Morgan fingerprint density at radius 3 is 2.21 bits per heavy atom. The molecule has 0 spiro atoms. The van der Waals surface area contributed by atoms with Crippen molar-refractivity contribution in [1.82, 2.24) is 9.80 Å². The fourth-order valence-electron chi connectivity index (χ4n) is 1.78. The predicted molar refractivity (Wildman–Crippen MR) is 60.3 cm³/mol. The maximum absolute atomic E-state index is 12.8. The maximum atomic E-state index is 12.8. The third-order valence-electron chi connectivity index (χ3n) is 2.65. The summed E-state index contributed by atoms with van der Waals surface area (Å²) in [6, 6.07) is -1.67. The average molecular weight is 286 g/mol. The molecule has 1 fully saturated rings. The second-order valence-corrected chi connectivity index (χ2v) is 5.34. The van der Waals surface area contributed by atoms with Gasteiger partial charge < -0.3 is 9.64 Å². The smallest absolute Gasteiger partial charge is 0.410 e. The van der Waals surface area contributed by atoms with Crippen LogP contribution in [0.2, 0.25) is 0 Å². The summed E-state index contributed by atoms with van der Waals surface area (Å²) in [5.41, 5.74) is -0.753. The summed E-state index contributed by atoms with van der Waals surface area (Å²) in [6.45, 7) is 1.16. The predicted octanol–water partition coefficient (Wildman–Crippen LogP) is 2.40. The molecule has 1 aliphatic rings. The minimum absolute atomic E-state index is 0.0531. The normalized spacial score (nSPS) is 22.2. The summed E-state index contributed by atoms with van der Waals surface area (Å²) in [4.78, 5) is 13.2. The molecule has 19 heavy (non-hydrogen) atoms. The highest BCUT2D eigenvalue weighted by molar-refractivity contribution is 5.68. The van der Waals surface area contributed by atoms with E-state index in [1.807, 2.05) is 0 Å². The molecule has 0 saturated carbocycles. The van der Waals surface area contributed by atoms with Gasteiger partial charge in [0.15, 0.2) is 0 Å². The van der Waals surface area contributed by atoms with Crippen molar-refractivity contribution in [3.05, 3.63) is 0 Å². The van der Waals surface area contributed by atoms with Crippen molar-refractivity contribution in [3.63, 3.8) is 0 Å². The molecule has 112 valence electrons. The lowest BCUT2D eigenvalue weighted by molar-refractivity contribution is -0.120. The van der Waals surface area contributed by atoms with E-state index in [4.69, 9.17) is 4.74 Å². The molecule has 0 aliphatic carbocycles. The highest BCUT2D eigenvalue weighted by Crippen LogP contribution is 2.21. The number of ether oxygens (including phenoxy) is 1. The molecule has 0 N–H and O–H groups in total. The number of hydrogen-bond donors (Lipinski definition) is 0. The zero-order chi connectivity index (χ0) is 14.8. The van der Waals surface area contributed by atoms with Crippen molar-refractivity contribution in [3.8, 4) is 0 Å². The molecule has 1 saturated heterocycles. The standard InChI is InChI=1S/C11H18F4N2O2/c1-11(2,3)19-10(18)16-4-5-17(9(14)15)7(6-16)8(12)13/h7-9H,4-6H2,1-3H3. The van der Waals surface area contributed by atoms with E-state index >= 15 is 0 Å². The first-order valence-electron chi connectivity index (χ1n) is 5.92. The van der Waals surface area contributed by atoms with Gasteiger partial charge in [-0.3, -0.25) is 0 Å². The third-order valence-corrected chi connectivity index (χ3v) is 2.65. The van der Waals surface area contributed by atoms with Gasteiger partial charge in [0.05, 0.1) is 6.04 Å². The minimum Gasteiger partial charge on any atom is -0.444 e. The van der Waals surface area contributed by atoms with Crippen molar-refractivity contribution in [1.29, 1.82) is 0 Å². The van der Waals surface area contributed by atoms with Gasteiger partial charge in [0.25, 0.3) is 13.0 Å². The van der Waals surface area contributed by atoms with Crippen molar-refractivity contribution < 1.29 is 27.1 Å². The van der Waals surface area contributed by atoms with E-state index < -0.39 is 37.3 Å². The topological polar surface area (TPSA) is 32.8 Å². The van der Waals surface area contributed by atoms with Gasteiger partial charge in [-0.2, -0.15) is 8.78 Å². The number of carbonyl (C=O) groups excluding carboxylic acids is 1. The highest BCUT2D eigenvalue weighted by atomic mass is 19.3. The highest BCUT2D eigenvalue weighted by Gasteiger charge is 2.40. The monoisotopic (exact) mass is 286 g/mol. The molecule has 0 aromatic carbocycles. The number of alkyl halides is 4. The number of carbonyl (C=O) groups is 1. The molecule has 4 nitrogen and oxygen atoms in total. The number of halogens is 4. The summed E-state index contributed by atoms with van der Waals surface area (Å²) in [7, 11) is 0. The van der Waals surface area contributed by atoms with Crippen LogP contribution < -0.4 is 0 Å². The summed E-state index contributed by atoms with van der Waals surface area (Å²) >= 11 is 0. The Balaban J connectivity index is 2.69. The summed E-state index contributed by atoms with van der Waals surface area (Å²) in [5.74, 6) is 0. The van der Waals surface area contributed by atoms with E-state index in [1.165, 1.54) is 0 Å². The molecule has 0 bridgehead atoms. The second kappa shape index (κ2) is 5.94. The molecule has 1 rings (SSSR count). The number of hydrogen-bond acceptors (Lipinski definition) is 3. The van der Waals surface area contributed by atoms with Crippen LogP contribution >= 0.6 is 0 Å². The maximum Gasteiger partial charge on any atom is 0.410 e. The molecule has 1 amide bonds. The summed E-state index contributed by atoms with van der Waals surface area (Å²) in [6.07, 6.45) is -3.70. The zero-order valence-corrected chi connectivity index (χ0v) is 11.1. The van der Waals surface area contributed by atoms with E-state index in [2.05, 4.69) is 0 Å². The molecular weight excluding hydrogens is 268 g/mol. The number of piperazine rings is 1. The van der Waals surface area contributed by atoms with Gasteiger partial charge in [0, 0.05) is 19.6 Å². The Bertz CT molecular complexity index is 320. The van der Waals surface area contributed by atoms with E-state index in [1.54, 1.807) is 20.8 Å². The van der Waals surface area contributed by atoms with E-state index in [-0.39, 0.29) is 13.1 Å². The van der Waals surface area contributed by atoms with Gasteiger partial charge in [-0.1, -0.05) is 0 Å². The van der Waals surface area contributed by atoms with Crippen LogP contribution in [-0.2, 0) is 4.74 Å². The quantitative estimate of drug-likeness (QED) is 0.577. The first kappa shape index (κ1) is 16.0. The van der Waals surface area contributed by atoms with Gasteiger partial charge in [-0.25, -0.2) is 18.5 Å². The molecule has 0 aromatic rings. The van der Waals surface area contributed by atoms with Gasteiger partial charge in [-0.05, 0) is 20.8 Å². The van der Waals surface area contributed by atoms with Crippen molar-refractivity contribution in [2.24, 2.45) is 0 Å². The van der Waals surface area contributed by atoms with Crippen LogP contribution in [0.3, 0.4) is 0 Å². The largest absolute Gasteiger partial charge is 0.444 e. The van der Waals surface area contributed by atoms with Crippen molar-refractivity contribution >= 4 is 6.09 Å². The Morgan fingerprint density at radius 1 is 1.21 bits per heavy atom. The van der Waals surface area contributed by atoms with E-state index in [9.17, 15) is 22.4 Å². The second-order valence-electron chi connectivity index (χ2n) is 5.34. The van der Waals surface area contributed by atoms with Crippen LogP contribution in [-0.4, -0.2) is 60.1 Å². The lowest BCUT2D eigenvalue weighted by Crippen LogP contribution is -2.59. The fourth-order valence-corrected chi connectivity index (χ4v) is 1.78. The van der Waals surface area contributed by atoms with Crippen LogP contribution in [0.5, 0.6) is 0 Å². The SMILES string of the molecule is CC(C)(C)OC(=O)N1CCN(C(F)F)C(C(F)F)C1. The summed E-state index contributed by atoms with van der Waals surface area (Å²) in [5, 5.41) is 0. The molecule has 8 heteroatoms. The third kappa shape index (κ3) is 4.52. The molecule has 1 heterocycles. The van der Waals surface area contributed by atoms with Gasteiger partial charge >= 0.3 is 6.09 Å². The number of nitrogens with zero attached hydrogens (tertiary/aromatic N) is 2. The van der Waals surface area contributed by atoms with Gasteiger partial charge in [-0.15, -0.1) is 0 Å². The van der Waals surface area contributed by atoms with E-state index in [0.29, 0.717) is 4.90 Å². The van der Waals surface area contributed by atoms with E-state index in [0.717, 1.165) is 4.90 Å². The summed E-state index contributed by atoms with van der Waals surface area (Å²) < 4.78 is 55.7. The van der Waals surface area contributed by atoms with Crippen LogP contribution in [0.25, 0.3) is 0 Å². The minimum atomic E-state index is -2.96. The Hall–Kier alpha value is -1.05. The Kier molecular flexibility index (Phi) is 5.00. The van der Waals surface area contributed by atoms with Crippen LogP contribution in [0, 0.1) is 0 Å². The number of rotatable bonds is 2. The van der Waals surface area contributed by atoms with Crippen molar-refractivity contribution in [2.45, 2.75) is 45.4 Å². The first-order chi connectivity index (χ1) is 8.61. The average Bonchev–Trinajstić information content (AvgIpc) is 2.25. The molecule has 1 unspecified atom stereocenters. The molecule has 0 radical (unpaired) electrons. The lowest BCUT2D eigenvalue weighted by atomic mass is 10.2. The Labute approximate surface area is 109 Å². The molecular formula is C11H18F4N2O2. The molecule has 1 atom stereocenters. The molecule has 1 aliphatic heterocycles. The lowest BCUT2D eigenvalue weighted by Gasteiger charge is -2.40. The van der Waals surface area contributed by atoms with Gasteiger partial charge in [0.2, 0.25) is 0 Å².